The fourth-order valence-corrected chi connectivity index (χ4v) is 1.66. The number of ether oxygens (including phenoxy) is 1. The molecule has 0 aromatic heterocycles. The topological polar surface area (TPSA) is 49.8 Å². The molecule has 0 atom stereocenters. The molecule has 1 aliphatic heterocycles. The molecule has 1 heterocycles. The quantitative estimate of drug-likeness (QED) is 0.800. The Kier molecular flexibility index (Phi) is 2.49. The predicted octanol–water partition coefficient (Wildman–Crippen LogP) is 1.53. The fourth-order valence-electron chi connectivity index (χ4n) is 1.66. The van der Waals surface area contributed by atoms with Crippen LogP contribution in [0.2, 0.25) is 0 Å². The van der Waals surface area contributed by atoms with Gasteiger partial charge in [-0.15, -0.1) is 0 Å². The van der Waals surface area contributed by atoms with E-state index in [1.54, 1.807) is 23.1 Å². The van der Waals surface area contributed by atoms with Crippen LogP contribution in [0, 0.1) is 0 Å². The summed E-state index contributed by atoms with van der Waals surface area (Å²) in [6.45, 7) is 2.74. The van der Waals surface area contributed by atoms with Gasteiger partial charge in [0.2, 0.25) is 0 Å². The van der Waals surface area contributed by atoms with E-state index in [1.807, 2.05) is 6.92 Å². The van der Waals surface area contributed by atoms with Crippen molar-refractivity contribution in [3.63, 3.8) is 0 Å². The summed E-state index contributed by atoms with van der Waals surface area (Å²) in [6, 6.07) is 4.79. The summed E-state index contributed by atoms with van der Waals surface area (Å²) in [5, 5.41) is 9.37. The van der Waals surface area contributed by atoms with Gasteiger partial charge >= 0.3 is 0 Å². The Bertz CT molecular complexity index is 389. The molecule has 1 aliphatic rings. The average molecular weight is 207 g/mol. The fraction of sp³-hybridized carbons (Fsp3) is 0.364. The van der Waals surface area contributed by atoms with E-state index in [2.05, 4.69) is 0 Å². The van der Waals surface area contributed by atoms with Crippen LogP contribution in [0.1, 0.15) is 13.3 Å². The van der Waals surface area contributed by atoms with Crippen molar-refractivity contribution in [3.8, 4) is 11.5 Å². The summed E-state index contributed by atoms with van der Waals surface area (Å²) < 4.78 is 5.26. The molecule has 2 rings (SSSR count). The van der Waals surface area contributed by atoms with E-state index < -0.39 is 0 Å². The average Bonchev–Trinajstić information content (AvgIpc) is 2.23. The summed E-state index contributed by atoms with van der Waals surface area (Å²) >= 11 is 0. The Balaban J connectivity index is 2.41. The highest BCUT2D eigenvalue weighted by Gasteiger charge is 2.24. The molecule has 0 unspecified atom stereocenters. The summed E-state index contributed by atoms with van der Waals surface area (Å²) in [5.41, 5.74) is 0.660. The van der Waals surface area contributed by atoms with Crippen LogP contribution in [-0.2, 0) is 4.79 Å². The third-order valence-electron chi connectivity index (χ3n) is 2.33. The van der Waals surface area contributed by atoms with Gasteiger partial charge < -0.3 is 14.7 Å². The first kappa shape index (κ1) is 9.83. The number of nitrogens with zero attached hydrogens (tertiary/aromatic N) is 1. The van der Waals surface area contributed by atoms with Gasteiger partial charge in [-0.1, -0.05) is 6.92 Å². The van der Waals surface area contributed by atoms with Crippen molar-refractivity contribution in [2.75, 3.05) is 18.1 Å². The Morgan fingerprint density at radius 3 is 3.07 bits per heavy atom. The maximum Gasteiger partial charge on any atom is 0.265 e. The van der Waals surface area contributed by atoms with Gasteiger partial charge in [0, 0.05) is 12.6 Å². The number of amides is 1. The van der Waals surface area contributed by atoms with E-state index in [0.717, 1.165) is 6.42 Å². The van der Waals surface area contributed by atoms with Crippen LogP contribution in [0.5, 0.6) is 11.5 Å². The van der Waals surface area contributed by atoms with Gasteiger partial charge in [-0.3, -0.25) is 4.79 Å². The van der Waals surface area contributed by atoms with Gasteiger partial charge in [-0.25, -0.2) is 0 Å². The molecular weight excluding hydrogens is 194 g/mol. The van der Waals surface area contributed by atoms with Crippen LogP contribution >= 0.6 is 0 Å². The third-order valence-corrected chi connectivity index (χ3v) is 2.33. The number of hydrogen-bond donors (Lipinski definition) is 1. The molecule has 4 nitrogen and oxygen atoms in total. The zero-order valence-corrected chi connectivity index (χ0v) is 8.56. The standard InChI is InChI=1S/C11H13NO3/c1-2-5-12-9-6-8(13)3-4-10(9)15-7-11(12)14/h3-4,6,13H,2,5,7H2,1H3. The van der Waals surface area contributed by atoms with Crippen LogP contribution in [0.25, 0.3) is 0 Å². The van der Waals surface area contributed by atoms with E-state index in [4.69, 9.17) is 4.74 Å². The number of anilines is 1. The third kappa shape index (κ3) is 1.75. The van der Waals surface area contributed by atoms with Crippen molar-refractivity contribution in [2.45, 2.75) is 13.3 Å². The Labute approximate surface area is 88.1 Å². The number of fused-ring (bicyclic) bond motifs is 1. The molecule has 1 amide bonds. The molecule has 0 saturated heterocycles. The van der Waals surface area contributed by atoms with Gasteiger partial charge in [0.1, 0.15) is 11.5 Å². The van der Waals surface area contributed by atoms with Crippen molar-refractivity contribution in [1.82, 2.24) is 0 Å². The molecule has 1 aromatic rings. The van der Waals surface area contributed by atoms with Gasteiger partial charge in [0.25, 0.3) is 5.91 Å². The first-order chi connectivity index (χ1) is 7.22. The molecule has 0 saturated carbocycles. The first-order valence-corrected chi connectivity index (χ1v) is 4.98. The molecule has 0 aliphatic carbocycles. The van der Waals surface area contributed by atoms with Gasteiger partial charge in [0.05, 0.1) is 5.69 Å². The molecule has 1 aromatic carbocycles. The van der Waals surface area contributed by atoms with Crippen molar-refractivity contribution in [1.29, 1.82) is 0 Å². The summed E-state index contributed by atoms with van der Waals surface area (Å²) in [5.74, 6) is 0.740. The van der Waals surface area contributed by atoms with Crippen molar-refractivity contribution < 1.29 is 14.6 Å². The second-order valence-corrected chi connectivity index (χ2v) is 3.49. The predicted molar refractivity (Wildman–Crippen MR) is 56.2 cm³/mol. The number of carbonyl (C=O) groups is 1. The van der Waals surface area contributed by atoms with Crippen LogP contribution in [-0.4, -0.2) is 24.2 Å². The normalized spacial score (nSPS) is 14.7. The number of aromatic hydroxyl groups is 1. The number of carbonyl (C=O) groups excluding carboxylic acids is 1. The molecule has 15 heavy (non-hydrogen) atoms. The molecule has 0 fully saturated rings. The molecule has 80 valence electrons. The summed E-state index contributed by atoms with van der Waals surface area (Å²) in [6.07, 6.45) is 0.876. The number of phenolic OH excluding ortho intramolecular Hbond substituents is 1. The first-order valence-electron chi connectivity index (χ1n) is 4.98. The molecule has 0 spiro atoms. The maximum absolute atomic E-state index is 11.6. The lowest BCUT2D eigenvalue weighted by atomic mass is 10.2. The monoisotopic (exact) mass is 207 g/mol. The van der Waals surface area contributed by atoms with Crippen molar-refractivity contribution >= 4 is 11.6 Å². The summed E-state index contributed by atoms with van der Waals surface area (Å²) in [4.78, 5) is 13.2. The van der Waals surface area contributed by atoms with E-state index in [9.17, 15) is 9.90 Å². The summed E-state index contributed by atoms with van der Waals surface area (Å²) in [7, 11) is 0. The number of hydrogen-bond acceptors (Lipinski definition) is 3. The Morgan fingerprint density at radius 2 is 2.33 bits per heavy atom. The lowest BCUT2D eigenvalue weighted by Crippen LogP contribution is -2.39. The largest absolute Gasteiger partial charge is 0.508 e. The second kappa shape index (κ2) is 3.81. The maximum atomic E-state index is 11.6. The Morgan fingerprint density at radius 1 is 1.53 bits per heavy atom. The number of phenols is 1. The van der Waals surface area contributed by atoms with Crippen LogP contribution < -0.4 is 9.64 Å². The number of rotatable bonds is 2. The minimum absolute atomic E-state index is 0.0602. The van der Waals surface area contributed by atoms with Gasteiger partial charge in [-0.05, 0) is 18.6 Å². The zero-order valence-electron chi connectivity index (χ0n) is 8.56. The molecule has 0 bridgehead atoms. The van der Waals surface area contributed by atoms with Crippen LogP contribution in [0.3, 0.4) is 0 Å². The lowest BCUT2D eigenvalue weighted by molar-refractivity contribution is -0.121. The Hall–Kier alpha value is -1.71. The highest BCUT2D eigenvalue weighted by molar-refractivity contribution is 5.98. The van der Waals surface area contributed by atoms with E-state index in [-0.39, 0.29) is 18.3 Å². The molecular formula is C11H13NO3. The zero-order chi connectivity index (χ0) is 10.8. The minimum atomic E-state index is -0.0602. The molecule has 0 radical (unpaired) electrons. The van der Waals surface area contributed by atoms with Gasteiger partial charge in [0.15, 0.2) is 6.61 Å². The van der Waals surface area contributed by atoms with E-state index in [1.165, 1.54) is 0 Å². The lowest BCUT2D eigenvalue weighted by Gasteiger charge is -2.29. The van der Waals surface area contributed by atoms with Crippen molar-refractivity contribution in [2.24, 2.45) is 0 Å². The smallest absolute Gasteiger partial charge is 0.265 e. The minimum Gasteiger partial charge on any atom is -0.508 e. The van der Waals surface area contributed by atoms with Crippen LogP contribution in [0.4, 0.5) is 5.69 Å². The van der Waals surface area contributed by atoms with E-state index in [0.29, 0.717) is 18.0 Å². The van der Waals surface area contributed by atoms with Crippen LogP contribution in [0.15, 0.2) is 18.2 Å². The van der Waals surface area contributed by atoms with Gasteiger partial charge in [-0.2, -0.15) is 0 Å². The molecule has 4 heteroatoms. The highest BCUT2D eigenvalue weighted by atomic mass is 16.5. The van der Waals surface area contributed by atoms with E-state index >= 15 is 0 Å². The second-order valence-electron chi connectivity index (χ2n) is 3.49. The van der Waals surface area contributed by atoms with Crippen molar-refractivity contribution in [3.05, 3.63) is 18.2 Å². The molecule has 1 N–H and O–H groups in total. The number of benzene rings is 1. The highest BCUT2D eigenvalue weighted by Crippen LogP contribution is 2.34. The SMILES string of the molecule is CCCN1C(=O)COc2ccc(O)cc21.